The molecule has 0 bridgehead atoms. The molecule has 0 unspecified atom stereocenters. The molecular formula is C14H16N4O3. The number of aryl methyl sites for hydroxylation is 1. The zero-order chi connectivity index (χ0) is 15.2. The molecule has 110 valence electrons. The SMILES string of the molecule is COc1ncccc1C(=O)NCCn1nc(C)ccc1=O. The number of nitrogens with zero attached hydrogens (tertiary/aromatic N) is 3. The first-order valence-electron chi connectivity index (χ1n) is 6.44. The van der Waals surface area contributed by atoms with Crippen LogP contribution in [0.4, 0.5) is 0 Å². The molecule has 2 rings (SSSR count). The van der Waals surface area contributed by atoms with Gasteiger partial charge in [-0.05, 0) is 25.1 Å². The molecule has 0 fully saturated rings. The van der Waals surface area contributed by atoms with Crippen LogP contribution in [-0.2, 0) is 6.54 Å². The number of aromatic nitrogens is 3. The lowest BCUT2D eigenvalue weighted by Crippen LogP contribution is -2.32. The molecule has 0 atom stereocenters. The van der Waals surface area contributed by atoms with E-state index in [0.717, 1.165) is 5.69 Å². The summed E-state index contributed by atoms with van der Waals surface area (Å²) in [5.41, 5.74) is 0.896. The zero-order valence-corrected chi connectivity index (χ0v) is 11.9. The van der Waals surface area contributed by atoms with E-state index in [0.29, 0.717) is 12.1 Å². The summed E-state index contributed by atoms with van der Waals surface area (Å²) in [5.74, 6) is -0.0403. The normalized spacial score (nSPS) is 10.2. The van der Waals surface area contributed by atoms with Gasteiger partial charge >= 0.3 is 0 Å². The van der Waals surface area contributed by atoms with E-state index in [1.54, 1.807) is 31.3 Å². The third kappa shape index (κ3) is 3.65. The van der Waals surface area contributed by atoms with Crippen LogP contribution >= 0.6 is 0 Å². The second-order valence-electron chi connectivity index (χ2n) is 4.35. The van der Waals surface area contributed by atoms with Gasteiger partial charge in [-0.25, -0.2) is 9.67 Å². The minimum Gasteiger partial charge on any atom is -0.480 e. The van der Waals surface area contributed by atoms with Gasteiger partial charge in [0, 0.05) is 18.8 Å². The highest BCUT2D eigenvalue weighted by Gasteiger charge is 2.12. The Kier molecular flexibility index (Phi) is 4.65. The van der Waals surface area contributed by atoms with E-state index in [1.807, 2.05) is 0 Å². The Balaban J connectivity index is 1.98. The first-order chi connectivity index (χ1) is 10.1. The standard InChI is InChI=1S/C14H16N4O3/c1-10-5-6-12(19)18(17-10)9-8-15-13(20)11-4-3-7-16-14(11)21-2/h3-7H,8-9H2,1-2H3,(H,15,20). The molecule has 2 aromatic rings. The third-order valence-electron chi connectivity index (χ3n) is 2.82. The van der Waals surface area contributed by atoms with Crippen molar-refractivity contribution < 1.29 is 9.53 Å². The molecule has 0 saturated heterocycles. The summed E-state index contributed by atoms with van der Waals surface area (Å²) in [4.78, 5) is 27.6. The molecule has 0 aliphatic rings. The van der Waals surface area contributed by atoms with E-state index in [1.165, 1.54) is 17.9 Å². The fourth-order valence-corrected chi connectivity index (χ4v) is 1.81. The van der Waals surface area contributed by atoms with Crippen molar-refractivity contribution in [2.45, 2.75) is 13.5 Å². The predicted molar refractivity (Wildman–Crippen MR) is 76.4 cm³/mol. The van der Waals surface area contributed by atoms with Gasteiger partial charge in [-0.2, -0.15) is 5.10 Å². The summed E-state index contributed by atoms with van der Waals surface area (Å²) >= 11 is 0. The molecular weight excluding hydrogens is 272 g/mol. The fourth-order valence-electron chi connectivity index (χ4n) is 1.81. The second-order valence-corrected chi connectivity index (χ2v) is 4.35. The monoisotopic (exact) mass is 288 g/mol. The molecule has 1 N–H and O–H groups in total. The molecule has 0 spiro atoms. The largest absolute Gasteiger partial charge is 0.480 e. The number of amides is 1. The molecule has 7 nitrogen and oxygen atoms in total. The predicted octanol–water partition coefficient (Wildman–Crippen LogP) is 0.385. The van der Waals surface area contributed by atoms with Crippen molar-refractivity contribution in [3.8, 4) is 5.88 Å². The Labute approximate surface area is 121 Å². The summed E-state index contributed by atoms with van der Waals surface area (Å²) < 4.78 is 6.34. The summed E-state index contributed by atoms with van der Waals surface area (Å²) in [6.07, 6.45) is 1.55. The molecule has 7 heteroatoms. The highest BCUT2D eigenvalue weighted by molar-refractivity contribution is 5.96. The van der Waals surface area contributed by atoms with Crippen molar-refractivity contribution in [3.63, 3.8) is 0 Å². The van der Waals surface area contributed by atoms with E-state index >= 15 is 0 Å². The van der Waals surface area contributed by atoms with Crippen LogP contribution < -0.4 is 15.6 Å². The first-order valence-corrected chi connectivity index (χ1v) is 6.44. The zero-order valence-electron chi connectivity index (χ0n) is 11.9. The van der Waals surface area contributed by atoms with Crippen molar-refractivity contribution in [1.82, 2.24) is 20.1 Å². The van der Waals surface area contributed by atoms with Crippen LogP contribution in [0.1, 0.15) is 16.1 Å². The van der Waals surface area contributed by atoms with Gasteiger partial charge in [0.15, 0.2) is 0 Å². The Hall–Kier alpha value is -2.70. The molecule has 0 saturated carbocycles. The third-order valence-corrected chi connectivity index (χ3v) is 2.82. The average Bonchev–Trinajstić information content (AvgIpc) is 2.50. The lowest BCUT2D eigenvalue weighted by molar-refractivity contribution is 0.0948. The maximum atomic E-state index is 12.0. The molecule has 1 amide bonds. The van der Waals surface area contributed by atoms with Crippen LogP contribution in [0.25, 0.3) is 0 Å². The van der Waals surface area contributed by atoms with Gasteiger partial charge in [-0.3, -0.25) is 9.59 Å². The van der Waals surface area contributed by atoms with E-state index in [2.05, 4.69) is 15.4 Å². The molecule has 0 aliphatic heterocycles. The Bertz CT molecular complexity index is 697. The highest BCUT2D eigenvalue weighted by atomic mass is 16.5. The number of carbonyl (C=O) groups is 1. The van der Waals surface area contributed by atoms with Crippen molar-refractivity contribution in [1.29, 1.82) is 0 Å². The van der Waals surface area contributed by atoms with E-state index in [-0.39, 0.29) is 23.9 Å². The lowest BCUT2D eigenvalue weighted by Gasteiger charge is -2.09. The molecule has 0 radical (unpaired) electrons. The van der Waals surface area contributed by atoms with Crippen molar-refractivity contribution >= 4 is 5.91 Å². The van der Waals surface area contributed by atoms with E-state index in [4.69, 9.17) is 4.74 Å². The van der Waals surface area contributed by atoms with Crippen molar-refractivity contribution in [2.24, 2.45) is 0 Å². The van der Waals surface area contributed by atoms with Gasteiger partial charge < -0.3 is 10.1 Å². The van der Waals surface area contributed by atoms with Crippen LogP contribution in [0, 0.1) is 6.92 Å². The van der Waals surface area contributed by atoms with Crippen LogP contribution in [0.5, 0.6) is 5.88 Å². The van der Waals surface area contributed by atoms with E-state index in [9.17, 15) is 9.59 Å². The molecule has 0 aliphatic carbocycles. The van der Waals surface area contributed by atoms with Gasteiger partial charge in [-0.15, -0.1) is 0 Å². The molecule has 2 heterocycles. The fraction of sp³-hybridized carbons (Fsp3) is 0.286. The maximum absolute atomic E-state index is 12.0. The van der Waals surface area contributed by atoms with Gasteiger partial charge in [-0.1, -0.05) is 0 Å². The van der Waals surface area contributed by atoms with Crippen LogP contribution in [0.3, 0.4) is 0 Å². The highest BCUT2D eigenvalue weighted by Crippen LogP contribution is 2.12. The number of hydrogen-bond acceptors (Lipinski definition) is 5. The number of hydrogen-bond donors (Lipinski definition) is 1. The van der Waals surface area contributed by atoms with E-state index < -0.39 is 0 Å². The first kappa shape index (κ1) is 14.7. The molecule has 21 heavy (non-hydrogen) atoms. The van der Waals surface area contributed by atoms with Gasteiger partial charge in [0.1, 0.15) is 5.56 Å². The summed E-state index contributed by atoms with van der Waals surface area (Å²) in [5, 5.41) is 6.80. The second kappa shape index (κ2) is 6.65. The van der Waals surface area contributed by atoms with Gasteiger partial charge in [0.25, 0.3) is 11.5 Å². The number of methoxy groups -OCH3 is 1. The van der Waals surface area contributed by atoms with Crippen molar-refractivity contribution in [2.75, 3.05) is 13.7 Å². The number of rotatable bonds is 5. The van der Waals surface area contributed by atoms with Crippen LogP contribution in [-0.4, -0.2) is 34.3 Å². The van der Waals surface area contributed by atoms with Gasteiger partial charge in [0.05, 0.1) is 19.3 Å². The Morgan fingerprint density at radius 3 is 2.95 bits per heavy atom. The Morgan fingerprint density at radius 1 is 1.38 bits per heavy atom. The summed E-state index contributed by atoms with van der Waals surface area (Å²) in [6.45, 7) is 2.39. The quantitative estimate of drug-likeness (QED) is 0.860. The lowest BCUT2D eigenvalue weighted by atomic mass is 10.2. The molecule has 2 aromatic heterocycles. The Morgan fingerprint density at radius 2 is 2.19 bits per heavy atom. The number of nitrogens with one attached hydrogen (secondary N) is 1. The maximum Gasteiger partial charge on any atom is 0.266 e. The van der Waals surface area contributed by atoms with Crippen LogP contribution in [0.15, 0.2) is 35.3 Å². The van der Waals surface area contributed by atoms with Crippen LogP contribution in [0.2, 0.25) is 0 Å². The van der Waals surface area contributed by atoms with Gasteiger partial charge in [0.2, 0.25) is 5.88 Å². The smallest absolute Gasteiger partial charge is 0.266 e. The number of pyridine rings is 1. The molecule has 0 aromatic carbocycles. The minimum atomic E-state index is -0.305. The number of carbonyl (C=O) groups excluding carboxylic acids is 1. The summed E-state index contributed by atoms with van der Waals surface area (Å²) in [6, 6.07) is 6.38. The van der Waals surface area contributed by atoms with Crippen molar-refractivity contribution in [3.05, 3.63) is 52.1 Å². The summed E-state index contributed by atoms with van der Waals surface area (Å²) in [7, 11) is 1.45. The minimum absolute atomic E-state index is 0.200. The number of ether oxygens (including phenoxy) is 1. The average molecular weight is 288 g/mol. The topological polar surface area (TPSA) is 86.1 Å².